The van der Waals surface area contributed by atoms with Crippen molar-refractivity contribution in [1.82, 2.24) is 15.3 Å². The Morgan fingerprint density at radius 2 is 1.79 bits per heavy atom. The molecule has 0 atom stereocenters. The molecule has 1 aromatic carbocycles. The number of amides is 1. The SMILES string of the molecule is COc1ccc(C(=O)NCCNc2nc(C)cc(N3CCCCC3)n2)cc1OC. The van der Waals surface area contributed by atoms with Gasteiger partial charge in [0, 0.05) is 43.5 Å². The summed E-state index contributed by atoms with van der Waals surface area (Å²) < 4.78 is 10.4. The number of rotatable bonds is 8. The van der Waals surface area contributed by atoms with Gasteiger partial charge in [-0.3, -0.25) is 4.79 Å². The molecule has 2 aromatic rings. The zero-order chi connectivity index (χ0) is 20.6. The lowest BCUT2D eigenvalue weighted by atomic mass is 10.1. The third-order valence-electron chi connectivity index (χ3n) is 4.86. The number of aryl methyl sites for hydroxylation is 1. The molecule has 1 aliphatic heterocycles. The molecule has 2 N–H and O–H groups in total. The second-order valence-electron chi connectivity index (χ2n) is 6.99. The van der Waals surface area contributed by atoms with Gasteiger partial charge in [0.15, 0.2) is 11.5 Å². The van der Waals surface area contributed by atoms with Crippen LogP contribution in [0.5, 0.6) is 11.5 Å². The second kappa shape index (κ2) is 9.95. The minimum atomic E-state index is -0.174. The van der Waals surface area contributed by atoms with Gasteiger partial charge in [-0.15, -0.1) is 0 Å². The van der Waals surface area contributed by atoms with Crippen molar-refractivity contribution in [3.05, 3.63) is 35.5 Å². The van der Waals surface area contributed by atoms with E-state index in [9.17, 15) is 4.79 Å². The number of nitrogens with one attached hydrogen (secondary N) is 2. The summed E-state index contributed by atoms with van der Waals surface area (Å²) in [5, 5.41) is 6.09. The minimum absolute atomic E-state index is 0.174. The van der Waals surface area contributed by atoms with Gasteiger partial charge in [0.05, 0.1) is 14.2 Å². The second-order valence-corrected chi connectivity index (χ2v) is 6.99. The Balaban J connectivity index is 1.52. The zero-order valence-electron chi connectivity index (χ0n) is 17.3. The Hall–Kier alpha value is -3.03. The molecule has 0 bridgehead atoms. The summed E-state index contributed by atoms with van der Waals surface area (Å²) in [6, 6.07) is 7.11. The van der Waals surface area contributed by atoms with Gasteiger partial charge in [-0.2, -0.15) is 4.98 Å². The number of piperidine rings is 1. The number of hydrogen-bond donors (Lipinski definition) is 2. The monoisotopic (exact) mass is 399 g/mol. The van der Waals surface area contributed by atoms with E-state index in [0.29, 0.717) is 36.1 Å². The van der Waals surface area contributed by atoms with Gasteiger partial charge in [-0.25, -0.2) is 4.98 Å². The van der Waals surface area contributed by atoms with Crippen LogP contribution in [-0.2, 0) is 0 Å². The fourth-order valence-electron chi connectivity index (χ4n) is 3.35. The summed E-state index contributed by atoms with van der Waals surface area (Å²) in [5.74, 6) is 2.50. The van der Waals surface area contributed by atoms with Crippen LogP contribution in [0.3, 0.4) is 0 Å². The third-order valence-corrected chi connectivity index (χ3v) is 4.86. The lowest BCUT2D eigenvalue weighted by molar-refractivity contribution is 0.0954. The molecule has 0 aliphatic carbocycles. The molecule has 0 saturated carbocycles. The molecule has 156 valence electrons. The van der Waals surface area contributed by atoms with Crippen molar-refractivity contribution in [2.45, 2.75) is 26.2 Å². The summed E-state index contributed by atoms with van der Waals surface area (Å²) in [7, 11) is 3.11. The number of nitrogens with zero attached hydrogens (tertiary/aromatic N) is 3. The number of benzene rings is 1. The van der Waals surface area contributed by atoms with E-state index in [0.717, 1.165) is 24.6 Å². The molecule has 1 aromatic heterocycles. The van der Waals surface area contributed by atoms with Gasteiger partial charge < -0.3 is 25.0 Å². The molecular formula is C21H29N5O3. The quantitative estimate of drug-likeness (QED) is 0.660. The first-order chi connectivity index (χ1) is 14.1. The molecule has 0 spiro atoms. The number of methoxy groups -OCH3 is 2. The van der Waals surface area contributed by atoms with E-state index < -0.39 is 0 Å². The fourth-order valence-corrected chi connectivity index (χ4v) is 3.35. The topological polar surface area (TPSA) is 88.6 Å². The van der Waals surface area contributed by atoms with Crippen LogP contribution in [0.1, 0.15) is 35.3 Å². The highest BCUT2D eigenvalue weighted by atomic mass is 16.5. The molecule has 8 nitrogen and oxygen atoms in total. The smallest absolute Gasteiger partial charge is 0.251 e. The van der Waals surface area contributed by atoms with Gasteiger partial charge in [0.2, 0.25) is 5.95 Å². The average molecular weight is 399 g/mol. The molecule has 1 amide bonds. The van der Waals surface area contributed by atoms with E-state index in [4.69, 9.17) is 9.47 Å². The Morgan fingerprint density at radius 3 is 2.52 bits per heavy atom. The van der Waals surface area contributed by atoms with E-state index in [-0.39, 0.29) is 5.91 Å². The molecule has 2 heterocycles. The number of carbonyl (C=O) groups excluding carboxylic acids is 1. The number of carbonyl (C=O) groups is 1. The molecule has 0 radical (unpaired) electrons. The number of aromatic nitrogens is 2. The fraction of sp³-hybridized carbons (Fsp3) is 0.476. The molecule has 3 rings (SSSR count). The van der Waals surface area contributed by atoms with Crippen molar-refractivity contribution in [2.24, 2.45) is 0 Å². The van der Waals surface area contributed by atoms with E-state index in [1.807, 2.05) is 13.0 Å². The Labute approximate surface area is 171 Å². The number of hydrogen-bond acceptors (Lipinski definition) is 7. The summed E-state index contributed by atoms with van der Waals surface area (Å²) in [5.41, 5.74) is 1.44. The van der Waals surface area contributed by atoms with Crippen LogP contribution in [0.25, 0.3) is 0 Å². The van der Waals surface area contributed by atoms with Crippen LogP contribution >= 0.6 is 0 Å². The molecular weight excluding hydrogens is 370 g/mol. The summed E-state index contributed by atoms with van der Waals surface area (Å²) in [6.45, 7) is 5.03. The number of ether oxygens (including phenoxy) is 2. The predicted octanol–water partition coefficient (Wildman–Crippen LogP) is 2.63. The lowest BCUT2D eigenvalue weighted by Crippen LogP contribution is -2.31. The highest BCUT2D eigenvalue weighted by Gasteiger charge is 2.14. The van der Waals surface area contributed by atoms with Gasteiger partial charge in [-0.1, -0.05) is 0 Å². The van der Waals surface area contributed by atoms with Crippen LogP contribution in [0.2, 0.25) is 0 Å². The maximum Gasteiger partial charge on any atom is 0.251 e. The van der Waals surface area contributed by atoms with Crippen LogP contribution < -0.4 is 25.0 Å². The van der Waals surface area contributed by atoms with Crippen molar-refractivity contribution in [3.63, 3.8) is 0 Å². The number of anilines is 2. The molecule has 8 heteroatoms. The van der Waals surface area contributed by atoms with Crippen LogP contribution in [-0.4, -0.2) is 56.3 Å². The Bertz CT molecular complexity index is 837. The van der Waals surface area contributed by atoms with Crippen molar-refractivity contribution in [1.29, 1.82) is 0 Å². The van der Waals surface area contributed by atoms with Gasteiger partial charge in [0.1, 0.15) is 5.82 Å². The van der Waals surface area contributed by atoms with Crippen molar-refractivity contribution in [3.8, 4) is 11.5 Å². The Kier molecular flexibility index (Phi) is 7.10. The summed E-state index contributed by atoms with van der Waals surface area (Å²) >= 11 is 0. The first kappa shape index (κ1) is 20.7. The van der Waals surface area contributed by atoms with Crippen molar-refractivity contribution < 1.29 is 14.3 Å². The van der Waals surface area contributed by atoms with Crippen LogP contribution in [0.4, 0.5) is 11.8 Å². The van der Waals surface area contributed by atoms with Crippen molar-refractivity contribution in [2.75, 3.05) is 50.6 Å². The largest absolute Gasteiger partial charge is 0.493 e. The highest BCUT2D eigenvalue weighted by molar-refractivity contribution is 5.94. The standard InChI is InChI=1S/C21H29N5O3/c1-15-13-19(26-11-5-4-6-12-26)25-21(24-15)23-10-9-22-20(27)16-7-8-17(28-2)18(14-16)29-3/h7-8,13-14H,4-6,9-12H2,1-3H3,(H,22,27)(H,23,24,25). The highest BCUT2D eigenvalue weighted by Crippen LogP contribution is 2.27. The zero-order valence-corrected chi connectivity index (χ0v) is 17.3. The van der Waals surface area contributed by atoms with E-state index in [2.05, 4.69) is 25.5 Å². The van der Waals surface area contributed by atoms with Crippen LogP contribution in [0.15, 0.2) is 24.3 Å². The average Bonchev–Trinajstić information content (AvgIpc) is 2.76. The van der Waals surface area contributed by atoms with E-state index in [1.54, 1.807) is 32.4 Å². The van der Waals surface area contributed by atoms with Gasteiger partial charge in [-0.05, 0) is 44.4 Å². The molecule has 1 fully saturated rings. The maximum atomic E-state index is 12.4. The van der Waals surface area contributed by atoms with E-state index >= 15 is 0 Å². The normalized spacial score (nSPS) is 13.7. The summed E-state index contributed by atoms with van der Waals surface area (Å²) in [4.78, 5) is 23.8. The van der Waals surface area contributed by atoms with Crippen LogP contribution in [0, 0.1) is 6.92 Å². The summed E-state index contributed by atoms with van der Waals surface area (Å²) in [6.07, 6.45) is 3.69. The molecule has 0 unspecified atom stereocenters. The molecule has 1 saturated heterocycles. The first-order valence-electron chi connectivity index (χ1n) is 9.95. The minimum Gasteiger partial charge on any atom is -0.493 e. The predicted molar refractivity (Wildman–Crippen MR) is 113 cm³/mol. The third kappa shape index (κ3) is 5.49. The van der Waals surface area contributed by atoms with Crippen molar-refractivity contribution >= 4 is 17.7 Å². The lowest BCUT2D eigenvalue weighted by Gasteiger charge is -2.28. The molecule has 1 aliphatic rings. The van der Waals surface area contributed by atoms with Gasteiger partial charge in [0.25, 0.3) is 5.91 Å². The van der Waals surface area contributed by atoms with Gasteiger partial charge >= 0.3 is 0 Å². The maximum absolute atomic E-state index is 12.4. The Morgan fingerprint density at radius 1 is 1.03 bits per heavy atom. The first-order valence-corrected chi connectivity index (χ1v) is 9.95. The molecule has 29 heavy (non-hydrogen) atoms. The van der Waals surface area contributed by atoms with E-state index in [1.165, 1.54) is 19.3 Å².